The molecule has 0 atom stereocenters. The topological polar surface area (TPSA) is 141 Å². The number of nitrogens with zero attached hydrogens (tertiary/aromatic N) is 11. The van der Waals surface area contributed by atoms with Crippen molar-refractivity contribution in [2.75, 3.05) is 5.23 Å². The monoisotopic (exact) mass is 1310 g/mol. The number of hydrogen-bond donors (Lipinski definition) is 2. The van der Waals surface area contributed by atoms with Gasteiger partial charge in [0.1, 0.15) is 5.69 Å². The highest BCUT2D eigenvalue weighted by molar-refractivity contribution is 6.28. The molecular formula is C86H56ClN11O2. The van der Waals surface area contributed by atoms with Crippen LogP contribution in [0.15, 0.2) is 328 Å². The average Bonchev–Trinajstić information content (AvgIpc) is 1.51. The van der Waals surface area contributed by atoms with Gasteiger partial charge in [0.2, 0.25) is 29.1 Å². The first-order chi connectivity index (χ1) is 49.4. The second-order valence-corrected chi connectivity index (χ2v) is 24.7. The average molecular weight is 1310 g/mol. The van der Waals surface area contributed by atoms with Crippen LogP contribution in [0.25, 0.3) is 166 Å². The number of anilines is 1. The Balaban J connectivity index is 0.000000119. The van der Waals surface area contributed by atoms with Crippen LogP contribution < -0.4 is 5.23 Å². The predicted octanol–water partition coefficient (Wildman–Crippen LogP) is 21.4. The third kappa shape index (κ3) is 10.1. The first-order valence-corrected chi connectivity index (χ1v) is 33.2. The van der Waals surface area contributed by atoms with E-state index in [4.69, 9.17) is 31.5 Å². The van der Waals surface area contributed by atoms with Gasteiger partial charge in [0, 0.05) is 54.0 Å². The molecule has 0 spiro atoms. The Labute approximate surface area is 576 Å². The van der Waals surface area contributed by atoms with Crippen LogP contribution in [-0.2, 0) is 0 Å². The molecule has 100 heavy (non-hydrogen) atoms. The van der Waals surface area contributed by atoms with Crippen molar-refractivity contribution in [3.63, 3.8) is 0 Å². The summed E-state index contributed by atoms with van der Waals surface area (Å²) in [5, 5.41) is 32.1. The van der Waals surface area contributed by atoms with Crippen LogP contribution in [0.5, 0.6) is 0 Å². The van der Waals surface area contributed by atoms with E-state index in [-0.39, 0.29) is 10.5 Å². The van der Waals surface area contributed by atoms with E-state index in [0.717, 1.165) is 125 Å². The van der Waals surface area contributed by atoms with E-state index in [1.54, 1.807) is 6.07 Å². The molecule has 6 heterocycles. The Morgan fingerprint density at radius 1 is 0.220 bits per heavy atom. The molecule has 0 radical (unpaired) electrons. The van der Waals surface area contributed by atoms with E-state index in [0.29, 0.717) is 35.3 Å². The fourth-order valence-electron chi connectivity index (χ4n) is 14.4. The zero-order valence-corrected chi connectivity index (χ0v) is 54.1. The van der Waals surface area contributed by atoms with Crippen LogP contribution >= 0.6 is 11.6 Å². The fourth-order valence-corrected chi connectivity index (χ4v) is 14.6. The highest BCUT2D eigenvalue weighted by Gasteiger charge is 2.24. The van der Waals surface area contributed by atoms with E-state index in [9.17, 15) is 10.4 Å². The molecule has 13 nitrogen and oxygen atoms in total. The third-order valence-corrected chi connectivity index (χ3v) is 18.9. The Bertz CT molecular complexity index is 6080. The minimum absolute atomic E-state index is 0.152. The molecule has 0 saturated heterocycles. The molecular weight excluding hydrogens is 1250 g/mol. The van der Waals surface area contributed by atoms with Crippen LogP contribution in [0.1, 0.15) is 0 Å². The molecule has 0 aliphatic heterocycles. The third-order valence-electron chi connectivity index (χ3n) is 18.8. The molecule has 2 N–H and O–H groups in total. The Kier molecular flexibility index (Phi) is 14.7. The van der Waals surface area contributed by atoms with Gasteiger partial charge in [-0.15, -0.1) is 5.23 Å². The second kappa shape index (κ2) is 24.8. The molecule has 0 saturated carbocycles. The zero-order chi connectivity index (χ0) is 66.8. The number of benzene rings is 14. The number of halogens is 1. The predicted molar refractivity (Wildman–Crippen MR) is 406 cm³/mol. The normalized spacial score (nSPS) is 11.6. The van der Waals surface area contributed by atoms with Gasteiger partial charge in [0.15, 0.2) is 5.82 Å². The fraction of sp³-hybridized carbons (Fsp3) is 0. The molecule has 20 aromatic rings. The van der Waals surface area contributed by atoms with Crippen molar-refractivity contribution < 1.29 is 10.4 Å². The molecule has 0 aliphatic carbocycles. The van der Waals surface area contributed by atoms with Gasteiger partial charge < -0.3 is 0 Å². The van der Waals surface area contributed by atoms with Gasteiger partial charge in [0.05, 0.1) is 44.1 Å². The number of para-hydroxylation sites is 8. The van der Waals surface area contributed by atoms with Crippen molar-refractivity contribution in [3.8, 4) is 57.4 Å². The molecule has 474 valence electrons. The Hall–Kier alpha value is -13.2. The SMILES string of the molecule is Clc1nc(-n2c3ccccc3c3ccccc32)nc(-n2c3ccccc3c3ccccc32)n1.ON(O)c1ccc(-c2ccccc2)c2ccccc12.c1ccc(-c2ccc(-c3nc(-n4c5ccccc5c5ccccc54)nc(-n4c5ccccc5c5ccccc54)n3)c3ccccc23)cc1. The summed E-state index contributed by atoms with van der Waals surface area (Å²) in [4.78, 5) is 29.9. The number of fused-ring (bicyclic) bond motifs is 14. The first kappa shape index (κ1) is 59.3. The van der Waals surface area contributed by atoms with Gasteiger partial charge in [-0.25, -0.2) is 0 Å². The lowest BCUT2D eigenvalue weighted by molar-refractivity contribution is 0.0300. The molecule has 0 fully saturated rings. The van der Waals surface area contributed by atoms with Crippen LogP contribution in [0.2, 0.25) is 5.28 Å². The summed E-state index contributed by atoms with van der Waals surface area (Å²) in [5.41, 5.74) is 14.1. The van der Waals surface area contributed by atoms with Crippen LogP contribution in [0.3, 0.4) is 0 Å². The highest BCUT2D eigenvalue weighted by atomic mass is 35.5. The summed E-state index contributed by atoms with van der Waals surface area (Å²) >= 11 is 6.50. The number of aromatic nitrogens is 10. The molecule has 14 heteroatoms. The molecule has 0 amide bonds. The zero-order valence-electron chi connectivity index (χ0n) is 53.4. The maximum Gasteiger partial charge on any atom is 0.240 e. The first-order valence-electron chi connectivity index (χ1n) is 32.8. The Morgan fingerprint density at radius 3 is 0.760 bits per heavy atom. The summed E-state index contributed by atoms with van der Waals surface area (Å²) in [7, 11) is 0. The van der Waals surface area contributed by atoms with Crippen molar-refractivity contribution in [2.24, 2.45) is 0 Å². The highest BCUT2D eigenvalue weighted by Crippen LogP contribution is 2.40. The van der Waals surface area contributed by atoms with Gasteiger partial charge in [-0.05, 0) is 111 Å². The summed E-state index contributed by atoms with van der Waals surface area (Å²) in [6.07, 6.45) is 0. The molecule has 6 aromatic heterocycles. The number of rotatable bonds is 8. The summed E-state index contributed by atoms with van der Waals surface area (Å²) in [6.45, 7) is 0. The lowest BCUT2D eigenvalue weighted by Crippen LogP contribution is -2.11. The Morgan fingerprint density at radius 2 is 0.450 bits per heavy atom. The van der Waals surface area contributed by atoms with E-state index >= 15 is 0 Å². The smallest absolute Gasteiger partial charge is 0.240 e. The van der Waals surface area contributed by atoms with Crippen LogP contribution in [0.4, 0.5) is 5.69 Å². The van der Waals surface area contributed by atoms with E-state index < -0.39 is 0 Å². The quantitative estimate of drug-likeness (QED) is 0.142. The molecule has 0 unspecified atom stereocenters. The summed E-state index contributed by atoms with van der Waals surface area (Å²) < 4.78 is 8.45. The minimum atomic E-state index is 0.152. The van der Waals surface area contributed by atoms with Crippen molar-refractivity contribution in [1.29, 1.82) is 0 Å². The molecule has 14 aromatic carbocycles. The molecule has 20 rings (SSSR count). The largest absolute Gasteiger partial charge is 0.278 e. The maximum atomic E-state index is 9.27. The van der Waals surface area contributed by atoms with Gasteiger partial charge >= 0.3 is 0 Å². The van der Waals surface area contributed by atoms with Crippen molar-refractivity contribution in [1.82, 2.24) is 48.2 Å². The van der Waals surface area contributed by atoms with Crippen LogP contribution in [0, 0.1) is 0 Å². The van der Waals surface area contributed by atoms with Gasteiger partial charge in [-0.3, -0.25) is 28.7 Å². The van der Waals surface area contributed by atoms with Crippen molar-refractivity contribution in [2.45, 2.75) is 0 Å². The second-order valence-electron chi connectivity index (χ2n) is 24.3. The lowest BCUT2D eigenvalue weighted by Gasteiger charge is -2.15. The minimum Gasteiger partial charge on any atom is -0.278 e. The number of hydrogen-bond acceptors (Lipinski definition) is 9. The van der Waals surface area contributed by atoms with Gasteiger partial charge in [-0.1, -0.05) is 267 Å². The van der Waals surface area contributed by atoms with E-state index in [1.807, 2.05) is 109 Å². The molecule has 0 aliphatic rings. The van der Waals surface area contributed by atoms with E-state index in [2.05, 4.69) is 241 Å². The van der Waals surface area contributed by atoms with Crippen molar-refractivity contribution in [3.05, 3.63) is 333 Å². The van der Waals surface area contributed by atoms with Crippen molar-refractivity contribution >= 4 is 126 Å². The maximum absolute atomic E-state index is 9.27. The lowest BCUT2D eigenvalue weighted by atomic mass is 9.95. The van der Waals surface area contributed by atoms with Gasteiger partial charge in [-0.2, -0.15) is 29.9 Å². The summed E-state index contributed by atoms with van der Waals surface area (Å²) in [5.74, 6) is 2.75. The summed E-state index contributed by atoms with van der Waals surface area (Å²) in [6, 6.07) is 112. The standard InChI is InChI=1S/C43H27N5.C27H16ClN5.C16H13NO2/c1-2-14-28(15-3-1)29-26-27-36(31-17-5-4-16-30(29)31)41-44-42(47-37-22-10-6-18-32(37)33-19-7-11-23-38(33)47)46-43(45-41)48-39-24-12-8-20-34(39)35-21-9-13-25-40(35)48;28-25-29-26(32-21-13-5-1-9-17(21)18-10-2-6-14-22(18)32)31-27(30-25)33-23-15-7-3-11-19(23)20-12-4-8-16-24(20)33;18-17(19)16-11-10-13(12-6-2-1-3-7-12)14-8-4-5-9-15(14)16/h1-27H;1-16H;1-11,18-19H. The van der Waals surface area contributed by atoms with Gasteiger partial charge in [0.25, 0.3) is 0 Å². The van der Waals surface area contributed by atoms with E-state index in [1.165, 1.54) is 11.1 Å². The molecule has 0 bridgehead atoms. The van der Waals surface area contributed by atoms with Crippen LogP contribution in [-0.4, -0.2) is 58.6 Å².